The van der Waals surface area contributed by atoms with E-state index in [0.717, 1.165) is 16.9 Å². The minimum Gasteiger partial charge on any atom is -0.305 e. The summed E-state index contributed by atoms with van der Waals surface area (Å²) in [6, 6.07) is 10.1. The third-order valence-corrected chi connectivity index (χ3v) is 2.99. The van der Waals surface area contributed by atoms with E-state index in [-0.39, 0.29) is 5.82 Å². The van der Waals surface area contributed by atoms with Gasteiger partial charge in [-0.2, -0.15) is 0 Å². The van der Waals surface area contributed by atoms with Gasteiger partial charge in [-0.25, -0.2) is 9.37 Å². The highest BCUT2D eigenvalue weighted by atomic mass is 35.5. The van der Waals surface area contributed by atoms with E-state index in [0.29, 0.717) is 11.4 Å². The Kier molecular flexibility index (Phi) is 2.76. The topological polar surface area (TPSA) is 17.3 Å². The Labute approximate surface area is 109 Å². The molecule has 0 radical (unpaired) electrons. The molecule has 0 saturated carbocycles. The van der Waals surface area contributed by atoms with Gasteiger partial charge < -0.3 is 4.40 Å². The third-order valence-electron chi connectivity index (χ3n) is 2.76. The van der Waals surface area contributed by atoms with Gasteiger partial charge in [-0.1, -0.05) is 23.7 Å². The van der Waals surface area contributed by atoms with Gasteiger partial charge in [-0.3, -0.25) is 0 Å². The van der Waals surface area contributed by atoms with Crippen molar-refractivity contribution in [2.75, 3.05) is 0 Å². The first-order valence-corrected chi connectivity index (χ1v) is 5.96. The van der Waals surface area contributed by atoms with Crippen molar-refractivity contribution < 1.29 is 4.39 Å². The molecule has 2 nitrogen and oxygen atoms in total. The van der Waals surface area contributed by atoms with Crippen molar-refractivity contribution in [3.05, 3.63) is 70.9 Å². The van der Waals surface area contributed by atoms with E-state index in [1.54, 1.807) is 12.1 Å². The van der Waals surface area contributed by atoms with Crippen LogP contribution in [0.1, 0.15) is 11.3 Å². The lowest BCUT2D eigenvalue weighted by atomic mass is 10.1. The Balaban J connectivity index is 1.92. The molecule has 2 aromatic heterocycles. The Bertz CT molecular complexity index is 689. The maximum atomic E-state index is 12.8. The Hall–Kier alpha value is -1.87. The van der Waals surface area contributed by atoms with E-state index in [4.69, 9.17) is 11.6 Å². The smallest absolute Gasteiger partial charge is 0.137 e. The number of hydrogen-bond donors (Lipinski definition) is 0. The lowest BCUT2D eigenvalue weighted by Gasteiger charge is -1.96. The molecule has 0 N–H and O–H groups in total. The van der Waals surface area contributed by atoms with Crippen LogP contribution in [0, 0.1) is 5.82 Å². The summed E-state index contributed by atoms with van der Waals surface area (Å²) in [5, 5.41) is 0.674. The SMILES string of the molecule is Fc1ccc(Cc2cn3cc(Cl)ccc3n2)cc1. The van der Waals surface area contributed by atoms with Gasteiger partial charge in [0.15, 0.2) is 0 Å². The van der Waals surface area contributed by atoms with Crippen molar-refractivity contribution in [1.29, 1.82) is 0 Å². The molecule has 0 atom stereocenters. The predicted molar refractivity (Wildman–Crippen MR) is 69.4 cm³/mol. The van der Waals surface area contributed by atoms with E-state index < -0.39 is 0 Å². The molecule has 0 fully saturated rings. The standard InChI is InChI=1S/C14H10ClFN2/c15-11-3-6-14-17-13(9-18(14)8-11)7-10-1-4-12(16)5-2-10/h1-6,8-9H,7H2. The summed E-state index contributed by atoms with van der Waals surface area (Å²) in [5.74, 6) is -0.222. The normalized spacial score (nSPS) is 11.0. The monoisotopic (exact) mass is 260 g/mol. The zero-order valence-electron chi connectivity index (χ0n) is 9.48. The van der Waals surface area contributed by atoms with E-state index in [1.165, 1.54) is 12.1 Å². The van der Waals surface area contributed by atoms with Crippen LogP contribution in [0.4, 0.5) is 4.39 Å². The van der Waals surface area contributed by atoms with E-state index in [1.807, 2.05) is 28.9 Å². The summed E-state index contributed by atoms with van der Waals surface area (Å²) in [6.07, 6.45) is 4.43. The molecule has 0 unspecified atom stereocenters. The largest absolute Gasteiger partial charge is 0.305 e. The van der Waals surface area contributed by atoms with Gasteiger partial charge in [0.25, 0.3) is 0 Å². The van der Waals surface area contributed by atoms with E-state index >= 15 is 0 Å². The van der Waals surface area contributed by atoms with Crippen molar-refractivity contribution in [3.8, 4) is 0 Å². The number of halogens is 2. The van der Waals surface area contributed by atoms with E-state index in [9.17, 15) is 4.39 Å². The fraction of sp³-hybridized carbons (Fsp3) is 0.0714. The van der Waals surface area contributed by atoms with Crippen molar-refractivity contribution >= 4 is 17.2 Å². The van der Waals surface area contributed by atoms with Crippen molar-refractivity contribution in [3.63, 3.8) is 0 Å². The molecule has 0 aliphatic carbocycles. The average molecular weight is 261 g/mol. The summed E-state index contributed by atoms with van der Waals surface area (Å²) in [7, 11) is 0. The van der Waals surface area contributed by atoms with Gasteiger partial charge >= 0.3 is 0 Å². The van der Waals surface area contributed by atoms with Crippen LogP contribution in [0.3, 0.4) is 0 Å². The van der Waals surface area contributed by atoms with Crippen LogP contribution in [0.2, 0.25) is 5.02 Å². The molecule has 0 aliphatic heterocycles. The maximum Gasteiger partial charge on any atom is 0.137 e. The van der Waals surface area contributed by atoms with Gasteiger partial charge in [-0.05, 0) is 29.8 Å². The molecule has 3 rings (SSSR count). The highest BCUT2D eigenvalue weighted by molar-refractivity contribution is 6.30. The van der Waals surface area contributed by atoms with Gasteiger partial charge in [0.1, 0.15) is 11.5 Å². The van der Waals surface area contributed by atoms with Crippen molar-refractivity contribution in [2.24, 2.45) is 0 Å². The zero-order chi connectivity index (χ0) is 12.5. The molecule has 3 aromatic rings. The first-order valence-electron chi connectivity index (χ1n) is 5.58. The van der Waals surface area contributed by atoms with Crippen LogP contribution < -0.4 is 0 Å². The van der Waals surface area contributed by atoms with E-state index in [2.05, 4.69) is 4.98 Å². The van der Waals surface area contributed by atoms with Gasteiger partial charge in [0.2, 0.25) is 0 Å². The number of rotatable bonds is 2. The second-order valence-electron chi connectivity index (χ2n) is 4.15. The second-order valence-corrected chi connectivity index (χ2v) is 4.58. The first-order chi connectivity index (χ1) is 8.70. The molecule has 2 heterocycles. The summed E-state index contributed by atoms with van der Waals surface area (Å²) < 4.78 is 14.7. The van der Waals surface area contributed by atoms with Gasteiger partial charge in [0.05, 0.1) is 10.7 Å². The molecule has 90 valence electrons. The van der Waals surface area contributed by atoms with Crippen LogP contribution in [-0.2, 0) is 6.42 Å². The van der Waals surface area contributed by atoms with Crippen LogP contribution in [0.5, 0.6) is 0 Å². The van der Waals surface area contributed by atoms with Gasteiger partial charge in [-0.15, -0.1) is 0 Å². The number of aromatic nitrogens is 2. The molecule has 1 aromatic carbocycles. The predicted octanol–water partition coefficient (Wildman–Crippen LogP) is 3.72. The van der Waals surface area contributed by atoms with Crippen molar-refractivity contribution in [1.82, 2.24) is 9.38 Å². The number of pyridine rings is 1. The fourth-order valence-corrected chi connectivity index (χ4v) is 2.08. The number of hydrogen-bond acceptors (Lipinski definition) is 1. The molecule has 0 saturated heterocycles. The number of fused-ring (bicyclic) bond motifs is 1. The summed E-state index contributed by atoms with van der Waals surface area (Å²) in [6.45, 7) is 0. The highest BCUT2D eigenvalue weighted by Crippen LogP contribution is 2.14. The zero-order valence-corrected chi connectivity index (χ0v) is 10.2. The Morgan fingerprint density at radius 2 is 1.83 bits per heavy atom. The molecule has 0 spiro atoms. The molecular weight excluding hydrogens is 251 g/mol. The van der Waals surface area contributed by atoms with Gasteiger partial charge in [0, 0.05) is 18.8 Å². The van der Waals surface area contributed by atoms with Crippen LogP contribution in [-0.4, -0.2) is 9.38 Å². The lowest BCUT2D eigenvalue weighted by molar-refractivity contribution is 0.627. The second kappa shape index (κ2) is 4.42. The first kappa shape index (κ1) is 11.2. The van der Waals surface area contributed by atoms with Crippen molar-refractivity contribution in [2.45, 2.75) is 6.42 Å². The van der Waals surface area contributed by atoms with Crippen LogP contribution >= 0.6 is 11.6 Å². The Morgan fingerprint density at radius 3 is 2.61 bits per heavy atom. The molecular formula is C14H10ClFN2. The number of imidazole rings is 1. The fourth-order valence-electron chi connectivity index (χ4n) is 1.91. The maximum absolute atomic E-state index is 12.8. The molecule has 0 amide bonds. The van der Waals surface area contributed by atoms with Crippen LogP contribution in [0.15, 0.2) is 48.8 Å². The Morgan fingerprint density at radius 1 is 1.06 bits per heavy atom. The number of benzene rings is 1. The molecule has 0 bridgehead atoms. The molecule has 0 aliphatic rings. The summed E-state index contributed by atoms with van der Waals surface area (Å²) in [5.41, 5.74) is 2.83. The summed E-state index contributed by atoms with van der Waals surface area (Å²) >= 11 is 5.92. The quantitative estimate of drug-likeness (QED) is 0.686. The molecule has 18 heavy (non-hydrogen) atoms. The third kappa shape index (κ3) is 2.22. The number of nitrogens with zero attached hydrogens (tertiary/aromatic N) is 2. The van der Waals surface area contributed by atoms with Crippen LogP contribution in [0.25, 0.3) is 5.65 Å². The minimum absolute atomic E-state index is 0.222. The summed E-state index contributed by atoms with van der Waals surface area (Å²) in [4.78, 5) is 4.48. The molecule has 4 heteroatoms. The minimum atomic E-state index is -0.222. The lowest BCUT2D eigenvalue weighted by Crippen LogP contribution is -1.88. The average Bonchev–Trinajstić information content (AvgIpc) is 2.73. The highest BCUT2D eigenvalue weighted by Gasteiger charge is 2.03.